The molecule has 1 unspecified atom stereocenters. The lowest BCUT2D eigenvalue weighted by Crippen LogP contribution is -1.96. The van der Waals surface area contributed by atoms with E-state index >= 15 is 0 Å². The van der Waals surface area contributed by atoms with Gasteiger partial charge in [0.25, 0.3) is 0 Å². The molecule has 1 N–H and O–H groups in total. The maximum atomic E-state index is 9.45. The Bertz CT molecular complexity index is 239. The van der Waals surface area contributed by atoms with Gasteiger partial charge in [-0.3, -0.25) is 4.98 Å². The molecule has 0 fully saturated rings. The number of hydrogen-bond acceptors (Lipinski definition) is 2. The van der Waals surface area contributed by atoms with Gasteiger partial charge in [0.2, 0.25) is 0 Å². The van der Waals surface area contributed by atoms with Gasteiger partial charge in [0.05, 0.1) is 6.10 Å². The fourth-order valence-electron chi connectivity index (χ4n) is 0.876. The van der Waals surface area contributed by atoms with Crippen LogP contribution in [0.2, 0.25) is 0 Å². The largest absolute Gasteiger partial charge is 0.388 e. The lowest BCUT2D eigenvalue weighted by atomic mass is 10.1. The van der Waals surface area contributed by atoms with Gasteiger partial charge in [0, 0.05) is 16.9 Å². The summed E-state index contributed by atoms with van der Waals surface area (Å²) >= 11 is 3.32. The average Bonchev–Trinajstić information content (AvgIpc) is 2.04. The van der Waals surface area contributed by atoms with Gasteiger partial charge in [-0.25, -0.2) is 0 Å². The van der Waals surface area contributed by atoms with Gasteiger partial charge in [-0.05, 0) is 34.0 Å². The Hall–Kier alpha value is -0.410. The Morgan fingerprint density at radius 2 is 2.45 bits per heavy atom. The van der Waals surface area contributed by atoms with Gasteiger partial charge in [-0.1, -0.05) is 6.92 Å². The van der Waals surface area contributed by atoms with E-state index in [4.69, 9.17) is 0 Å². The van der Waals surface area contributed by atoms with Crippen LogP contribution in [0.3, 0.4) is 0 Å². The summed E-state index contributed by atoms with van der Waals surface area (Å²) in [4.78, 5) is 3.90. The van der Waals surface area contributed by atoms with Crippen molar-refractivity contribution in [3.8, 4) is 0 Å². The molecule has 0 spiro atoms. The van der Waals surface area contributed by atoms with Crippen molar-refractivity contribution in [2.24, 2.45) is 0 Å². The van der Waals surface area contributed by atoms with E-state index in [0.29, 0.717) is 0 Å². The quantitative estimate of drug-likeness (QED) is 0.822. The van der Waals surface area contributed by atoms with Gasteiger partial charge in [-0.15, -0.1) is 0 Å². The Morgan fingerprint density at radius 1 is 1.73 bits per heavy atom. The average molecular weight is 216 g/mol. The number of rotatable bonds is 2. The molecule has 1 atom stereocenters. The fourth-order valence-corrected chi connectivity index (χ4v) is 1.39. The highest BCUT2D eigenvalue weighted by molar-refractivity contribution is 9.10. The molecule has 3 heteroatoms. The number of nitrogens with zero attached hydrogens (tertiary/aromatic N) is 1. The van der Waals surface area contributed by atoms with E-state index in [2.05, 4.69) is 20.9 Å². The summed E-state index contributed by atoms with van der Waals surface area (Å²) in [5.74, 6) is 0. The van der Waals surface area contributed by atoms with Crippen molar-refractivity contribution < 1.29 is 5.11 Å². The Labute approximate surface area is 74.4 Å². The van der Waals surface area contributed by atoms with Crippen LogP contribution in [0.25, 0.3) is 0 Å². The minimum absolute atomic E-state index is 0.382. The maximum absolute atomic E-state index is 9.45. The summed E-state index contributed by atoms with van der Waals surface area (Å²) in [6.07, 6.45) is 3.71. The minimum Gasteiger partial charge on any atom is -0.388 e. The molecule has 0 aliphatic heterocycles. The van der Waals surface area contributed by atoms with Crippen LogP contribution in [-0.2, 0) is 0 Å². The van der Waals surface area contributed by atoms with E-state index in [9.17, 15) is 5.11 Å². The van der Waals surface area contributed by atoms with E-state index in [-0.39, 0.29) is 6.10 Å². The van der Waals surface area contributed by atoms with E-state index < -0.39 is 0 Å². The van der Waals surface area contributed by atoms with Crippen molar-refractivity contribution in [2.45, 2.75) is 19.4 Å². The first-order valence-electron chi connectivity index (χ1n) is 3.53. The topological polar surface area (TPSA) is 33.1 Å². The molecule has 0 amide bonds. The second-order valence-corrected chi connectivity index (χ2v) is 3.18. The van der Waals surface area contributed by atoms with Crippen LogP contribution >= 0.6 is 15.9 Å². The predicted molar refractivity (Wildman–Crippen MR) is 47.2 cm³/mol. The molecule has 0 aromatic carbocycles. The molecular weight excluding hydrogens is 206 g/mol. The molecule has 0 aliphatic carbocycles. The third-order valence-corrected chi connectivity index (χ3v) is 2.21. The number of pyridine rings is 1. The van der Waals surface area contributed by atoms with Crippen LogP contribution in [-0.4, -0.2) is 10.1 Å². The fraction of sp³-hybridized carbons (Fsp3) is 0.375. The number of aromatic nitrogens is 1. The zero-order chi connectivity index (χ0) is 8.27. The molecule has 1 rings (SSSR count). The highest BCUT2D eigenvalue weighted by Crippen LogP contribution is 2.23. The minimum atomic E-state index is -0.382. The van der Waals surface area contributed by atoms with Gasteiger partial charge >= 0.3 is 0 Å². The second kappa shape index (κ2) is 3.83. The van der Waals surface area contributed by atoms with Crippen LogP contribution in [0.4, 0.5) is 0 Å². The summed E-state index contributed by atoms with van der Waals surface area (Å²) in [6.45, 7) is 1.94. The summed E-state index contributed by atoms with van der Waals surface area (Å²) in [6, 6.07) is 1.82. The van der Waals surface area contributed by atoms with Crippen molar-refractivity contribution in [3.05, 3.63) is 28.5 Å². The molecule has 11 heavy (non-hydrogen) atoms. The molecule has 0 radical (unpaired) electrons. The number of halogens is 1. The lowest BCUT2D eigenvalue weighted by Gasteiger charge is -2.08. The molecule has 1 heterocycles. The van der Waals surface area contributed by atoms with Crippen LogP contribution in [0, 0.1) is 0 Å². The zero-order valence-corrected chi connectivity index (χ0v) is 7.87. The van der Waals surface area contributed by atoms with Crippen LogP contribution in [0.5, 0.6) is 0 Å². The first kappa shape index (κ1) is 8.68. The standard InChI is InChI=1S/C8H10BrNO/c1-2-8(11)6-3-4-10-5-7(6)9/h3-5,8,11H,2H2,1H3. The van der Waals surface area contributed by atoms with E-state index in [1.807, 2.05) is 13.0 Å². The molecule has 1 aromatic rings. The second-order valence-electron chi connectivity index (χ2n) is 2.32. The molecule has 1 aromatic heterocycles. The Balaban J connectivity index is 2.93. The van der Waals surface area contributed by atoms with E-state index in [1.54, 1.807) is 12.4 Å². The first-order valence-corrected chi connectivity index (χ1v) is 4.32. The van der Waals surface area contributed by atoms with Crippen LogP contribution in [0.1, 0.15) is 25.0 Å². The monoisotopic (exact) mass is 215 g/mol. The SMILES string of the molecule is CCC(O)c1ccncc1Br. The van der Waals surface area contributed by atoms with Gasteiger partial charge in [-0.2, -0.15) is 0 Å². The van der Waals surface area contributed by atoms with Gasteiger partial charge in [0.1, 0.15) is 0 Å². The van der Waals surface area contributed by atoms with Crippen LogP contribution < -0.4 is 0 Å². The van der Waals surface area contributed by atoms with Gasteiger partial charge in [0.15, 0.2) is 0 Å². The molecule has 2 nitrogen and oxygen atoms in total. The Morgan fingerprint density at radius 3 is 3.00 bits per heavy atom. The summed E-state index contributed by atoms with van der Waals surface area (Å²) in [5, 5.41) is 9.45. The van der Waals surface area contributed by atoms with Crippen molar-refractivity contribution in [2.75, 3.05) is 0 Å². The number of aliphatic hydroxyl groups excluding tert-OH is 1. The zero-order valence-electron chi connectivity index (χ0n) is 6.29. The van der Waals surface area contributed by atoms with E-state index in [1.165, 1.54) is 0 Å². The molecule has 60 valence electrons. The van der Waals surface area contributed by atoms with Gasteiger partial charge < -0.3 is 5.11 Å². The summed E-state index contributed by atoms with van der Waals surface area (Å²) < 4.78 is 0.870. The molecule has 0 saturated heterocycles. The lowest BCUT2D eigenvalue weighted by molar-refractivity contribution is 0.173. The van der Waals surface area contributed by atoms with E-state index in [0.717, 1.165) is 16.5 Å². The Kier molecular flexibility index (Phi) is 3.02. The first-order chi connectivity index (χ1) is 5.25. The number of hydrogen-bond donors (Lipinski definition) is 1. The number of aliphatic hydroxyl groups is 1. The predicted octanol–water partition coefficient (Wildman–Crippen LogP) is 2.29. The van der Waals surface area contributed by atoms with Crippen molar-refractivity contribution in [1.29, 1.82) is 0 Å². The van der Waals surface area contributed by atoms with Crippen LogP contribution in [0.15, 0.2) is 22.9 Å². The summed E-state index contributed by atoms with van der Waals surface area (Å²) in [7, 11) is 0. The molecule has 0 bridgehead atoms. The third-order valence-electron chi connectivity index (χ3n) is 1.55. The molecule has 0 saturated carbocycles. The summed E-state index contributed by atoms with van der Waals surface area (Å²) in [5.41, 5.74) is 0.905. The smallest absolute Gasteiger partial charge is 0.0799 e. The third kappa shape index (κ3) is 2.01. The van der Waals surface area contributed by atoms with Crippen molar-refractivity contribution in [3.63, 3.8) is 0 Å². The van der Waals surface area contributed by atoms with Crippen molar-refractivity contribution in [1.82, 2.24) is 4.98 Å². The molecular formula is C8H10BrNO. The highest BCUT2D eigenvalue weighted by atomic mass is 79.9. The van der Waals surface area contributed by atoms with Crippen molar-refractivity contribution >= 4 is 15.9 Å². The normalized spacial score (nSPS) is 13.0. The molecule has 0 aliphatic rings. The highest BCUT2D eigenvalue weighted by Gasteiger charge is 2.07. The maximum Gasteiger partial charge on any atom is 0.0799 e.